The van der Waals surface area contributed by atoms with Crippen molar-refractivity contribution in [3.8, 4) is 27.3 Å². The SMILES string of the molecule is CCOC(=O)C(OC(C)(C)C)c1c(C)sc(-c2ccnc(F)c2)c1-c1ccc2c(c1)CCCO2. The number of hydrogen-bond donors (Lipinski definition) is 0. The Morgan fingerprint density at radius 2 is 2.03 bits per heavy atom. The maximum absolute atomic E-state index is 14.1. The highest BCUT2D eigenvalue weighted by molar-refractivity contribution is 7.16. The molecule has 1 unspecified atom stereocenters. The number of nitrogens with zero attached hydrogens (tertiary/aromatic N) is 1. The molecule has 0 saturated heterocycles. The monoisotopic (exact) mass is 483 g/mol. The lowest BCUT2D eigenvalue weighted by Crippen LogP contribution is -2.29. The number of thiophene rings is 1. The van der Waals surface area contributed by atoms with Crippen molar-refractivity contribution in [2.45, 2.75) is 59.2 Å². The van der Waals surface area contributed by atoms with Crippen molar-refractivity contribution in [2.24, 2.45) is 0 Å². The molecule has 0 fully saturated rings. The number of benzene rings is 1. The largest absolute Gasteiger partial charge is 0.493 e. The van der Waals surface area contributed by atoms with E-state index in [1.807, 2.05) is 39.8 Å². The number of aromatic nitrogens is 1. The summed E-state index contributed by atoms with van der Waals surface area (Å²) < 4.78 is 31.6. The third kappa shape index (κ3) is 5.15. The van der Waals surface area contributed by atoms with E-state index in [0.717, 1.165) is 50.6 Å². The van der Waals surface area contributed by atoms with Crippen molar-refractivity contribution >= 4 is 17.3 Å². The van der Waals surface area contributed by atoms with E-state index in [-0.39, 0.29) is 6.61 Å². The third-order valence-corrected chi connectivity index (χ3v) is 6.72. The Hall–Kier alpha value is -2.77. The summed E-state index contributed by atoms with van der Waals surface area (Å²) in [6, 6.07) is 9.29. The number of carbonyl (C=O) groups excluding carboxylic acids is 1. The van der Waals surface area contributed by atoms with E-state index in [1.54, 1.807) is 13.0 Å². The second-order valence-electron chi connectivity index (χ2n) is 9.28. The molecule has 0 aliphatic carbocycles. The maximum atomic E-state index is 14.1. The first-order valence-electron chi connectivity index (χ1n) is 11.5. The predicted molar refractivity (Wildman–Crippen MR) is 132 cm³/mol. The molecular formula is C27H30FNO4S. The molecule has 5 nitrogen and oxygen atoms in total. The number of esters is 1. The van der Waals surface area contributed by atoms with E-state index in [1.165, 1.54) is 23.6 Å². The molecule has 4 rings (SSSR count). The van der Waals surface area contributed by atoms with Crippen LogP contribution in [0.5, 0.6) is 5.75 Å². The minimum Gasteiger partial charge on any atom is -0.493 e. The fourth-order valence-electron chi connectivity index (χ4n) is 4.22. The molecule has 180 valence electrons. The van der Waals surface area contributed by atoms with Crippen LogP contribution in [-0.2, 0) is 20.7 Å². The van der Waals surface area contributed by atoms with Crippen LogP contribution in [0.15, 0.2) is 36.5 Å². The molecule has 0 N–H and O–H groups in total. The first-order chi connectivity index (χ1) is 16.2. The van der Waals surface area contributed by atoms with Crippen molar-refractivity contribution in [2.75, 3.05) is 13.2 Å². The molecule has 0 bridgehead atoms. The van der Waals surface area contributed by atoms with Crippen molar-refractivity contribution in [3.63, 3.8) is 0 Å². The van der Waals surface area contributed by atoms with Gasteiger partial charge < -0.3 is 14.2 Å². The number of pyridine rings is 1. The average molecular weight is 484 g/mol. The lowest BCUT2D eigenvalue weighted by molar-refractivity contribution is -0.166. The van der Waals surface area contributed by atoms with E-state index < -0.39 is 23.6 Å². The maximum Gasteiger partial charge on any atom is 0.340 e. The standard InChI is InChI=1S/C27H30FNO4S/c1-6-31-26(30)24(33-27(3,4)5)22-16(2)34-25(19-11-12-29-21(28)15-19)23(22)18-9-10-20-17(14-18)8-7-13-32-20/h9-12,14-15,24H,6-8,13H2,1-5H3. The summed E-state index contributed by atoms with van der Waals surface area (Å²) in [5.41, 5.74) is 3.77. The zero-order chi connectivity index (χ0) is 24.5. The number of ether oxygens (including phenoxy) is 3. The molecule has 0 saturated carbocycles. The summed E-state index contributed by atoms with van der Waals surface area (Å²) in [7, 11) is 0. The minimum absolute atomic E-state index is 0.250. The summed E-state index contributed by atoms with van der Waals surface area (Å²) in [5, 5.41) is 0. The van der Waals surface area contributed by atoms with Crippen LogP contribution >= 0.6 is 11.3 Å². The van der Waals surface area contributed by atoms with Gasteiger partial charge in [0.25, 0.3) is 0 Å². The minimum atomic E-state index is -0.918. The molecule has 1 atom stereocenters. The number of carbonyl (C=O) groups is 1. The number of rotatable bonds is 6. The van der Waals surface area contributed by atoms with Gasteiger partial charge in [0.2, 0.25) is 5.95 Å². The summed E-state index contributed by atoms with van der Waals surface area (Å²) in [6.45, 7) is 10.4. The molecule has 2 aromatic heterocycles. The Kier molecular flexibility index (Phi) is 7.05. The van der Waals surface area contributed by atoms with Gasteiger partial charge in [-0.2, -0.15) is 4.39 Å². The highest BCUT2D eigenvalue weighted by atomic mass is 32.1. The van der Waals surface area contributed by atoms with Crippen molar-refractivity contribution in [1.29, 1.82) is 0 Å². The second kappa shape index (κ2) is 9.84. The molecule has 34 heavy (non-hydrogen) atoms. The Morgan fingerprint density at radius 1 is 1.24 bits per heavy atom. The predicted octanol–water partition coefficient (Wildman–Crippen LogP) is 6.67. The molecule has 3 aromatic rings. The number of fused-ring (bicyclic) bond motifs is 1. The second-order valence-corrected chi connectivity index (χ2v) is 10.5. The van der Waals surface area contributed by atoms with Crippen LogP contribution in [0.3, 0.4) is 0 Å². The summed E-state index contributed by atoms with van der Waals surface area (Å²) in [4.78, 5) is 18.6. The first kappa shape index (κ1) is 24.4. The van der Waals surface area contributed by atoms with Gasteiger partial charge in [-0.05, 0) is 82.3 Å². The van der Waals surface area contributed by atoms with E-state index in [4.69, 9.17) is 14.2 Å². The Morgan fingerprint density at radius 3 is 2.74 bits per heavy atom. The Balaban J connectivity index is 1.97. The van der Waals surface area contributed by atoms with E-state index in [0.29, 0.717) is 12.2 Å². The Bertz CT molecular complexity index is 1200. The molecule has 7 heteroatoms. The summed E-state index contributed by atoms with van der Waals surface area (Å²) in [6.07, 6.45) is 2.41. The highest BCUT2D eigenvalue weighted by Gasteiger charge is 2.35. The van der Waals surface area contributed by atoms with Crippen LogP contribution in [0.4, 0.5) is 4.39 Å². The van der Waals surface area contributed by atoms with Gasteiger partial charge in [-0.3, -0.25) is 0 Å². The van der Waals surface area contributed by atoms with Gasteiger partial charge >= 0.3 is 5.97 Å². The smallest absolute Gasteiger partial charge is 0.340 e. The summed E-state index contributed by atoms with van der Waals surface area (Å²) >= 11 is 1.51. The lowest BCUT2D eigenvalue weighted by atomic mass is 9.92. The molecular weight excluding hydrogens is 453 g/mol. The fourth-order valence-corrected chi connectivity index (χ4v) is 5.42. The third-order valence-electron chi connectivity index (χ3n) is 5.55. The zero-order valence-electron chi connectivity index (χ0n) is 20.2. The number of hydrogen-bond acceptors (Lipinski definition) is 6. The van der Waals surface area contributed by atoms with Crippen LogP contribution in [0.2, 0.25) is 0 Å². The number of halogens is 1. The van der Waals surface area contributed by atoms with Gasteiger partial charge in [0.1, 0.15) is 5.75 Å². The van der Waals surface area contributed by atoms with Gasteiger partial charge in [-0.25, -0.2) is 9.78 Å². The Labute approximate surface area is 203 Å². The van der Waals surface area contributed by atoms with E-state index in [9.17, 15) is 9.18 Å². The van der Waals surface area contributed by atoms with Crippen molar-refractivity contribution in [1.82, 2.24) is 4.98 Å². The van der Waals surface area contributed by atoms with E-state index >= 15 is 0 Å². The van der Waals surface area contributed by atoms with Crippen molar-refractivity contribution in [3.05, 3.63) is 58.5 Å². The quantitative estimate of drug-likeness (QED) is 0.290. The topological polar surface area (TPSA) is 57.7 Å². The molecule has 0 radical (unpaired) electrons. The van der Waals surface area contributed by atoms with Crippen LogP contribution in [0.1, 0.15) is 56.2 Å². The molecule has 1 aliphatic heterocycles. The van der Waals surface area contributed by atoms with Crippen LogP contribution in [0.25, 0.3) is 21.6 Å². The van der Waals surface area contributed by atoms with Gasteiger partial charge in [0, 0.05) is 33.1 Å². The zero-order valence-corrected chi connectivity index (χ0v) is 21.1. The molecule has 0 spiro atoms. The summed E-state index contributed by atoms with van der Waals surface area (Å²) in [5.74, 6) is -0.107. The first-order valence-corrected chi connectivity index (χ1v) is 12.4. The van der Waals surface area contributed by atoms with Gasteiger partial charge in [0.05, 0.1) is 18.8 Å². The van der Waals surface area contributed by atoms with Gasteiger partial charge in [0.15, 0.2) is 6.10 Å². The number of aryl methyl sites for hydroxylation is 2. The van der Waals surface area contributed by atoms with Crippen molar-refractivity contribution < 1.29 is 23.4 Å². The van der Waals surface area contributed by atoms with Gasteiger partial charge in [-0.1, -0.05) is 6.07 Å². The molecule has 0 amide bonds. The molecule has 3 heterocycles. The highest BCUT2D eigenvalue weighted by Crippen LogP contribution is 2.48. The lowest BCUT2D eigenvalue weighted by Gasteiger charge is -2.27. The van der Waals surface area contributed by atoms with Crippen LogP contribution < -0.4 is 4.74 Å². The van der Waals surface area contributed by atoms with E-state index in [2.05, 4.69) is 11.1 Å². The fraction of sp³-hybridized carbons (Fsp3) is 0.407. The van der Waals surface area contributed by atoms with Crippen LogP contribution in [0, 0.1) is 12.9 Å². The van der Waals surface area contributed by atoms with Crippen LogP contribution in [-0.4, -0.2) is 29.8 Å². The molecule has 1 aliphatic rings. The normalized spacial score (nSPS) is 14.3. The van der Waals surface area contributed by atoms with Gasteiger partial charge in [-0.15, -0.1) is 11.3 Å². The molecule has 1 aromatic carbocycles. The average Bonchev–Trinajstić information content (AvgIpc) is 3.13.